The van der Waals surface area contributed by atoms with Gasteiger partial charge in [0.25, 0.3) is 11.8 Å². The molecule has 0 radical (unpaired) electrons. The van der Waals surface area contributed by atoms with Crippen LogP contribution >= 0.6 is 11.6 Å². The molecular formula is C19H18ClN3O2. The van der Waals surface area contributed by atoms with Gasteiger partial charge in [0.15, 0.2) is 5.82 Å². The van der Waals surface area contributed by atoms with Crippen molar-refractivity contribution >= 4 is 17.5 Å². The molecule has 0 bridgehead atoms. The number of carbonyl (C=O) groups is 1. The van der Waals surface area contributed by atoms with Gasteiger partial charge in [0, 0.05) is 36.2 Å². The van der Waals surface area contributed by atoms with E-state index in [-0.39, 0.29) is 5.91 Å². The van der Waals surface area contributed by atoms with E-state index in [2.05, 4.69) is 10.1 Å². The first-order valence-electron chi connectivity index (χ1n) is 7.93. The molecule has 1 aromatic heterocycles. The molecule has 2 aromatic carbocycles. The summed E-state index contributed by atoms with van der Waals surface area (Å²) in [6, 6.07) is 14.7. The minimum atomic E-state index is -0.0265. The molecule has 0 atom stereocenters. The average Bonchev–Trinajstić information content (AvgIpc) is 3.09. The molecule has 128 valence electrons. The fourth-order valence-corrected chi connectivity index (χ4v) is 2.48. The SMILES string of the molecule is Cc1ccc(C(=O)N(C)CCc2noc(-c3ccc(Cl)cc3)n2)cc1. The summed E-state index contributed by atoms with van der Waals surface area (Å²) in [7, 11) is 1.77. The Balaban J connectivity index is 1.60. The molecule has 0 spiro atoms. The van der Waals surface area contributed by atoms with Crippen LogP contribution in [0, 0.1) is 6.92 Å². The number of hydrogen-bond donors (Lipinski definition) is 0. The number of nitrogens with zero attached hydrogens (tertiary/aromatic N) is 3. The van der Waals surface area contributed by atoms with E-state index in [1.54, 1.807) is 24.1 Å². The standard InChI is InChI=1S/C19H18ClN3O2/c1-13-3-5-15(6-4-13)19(24)23(2)12-11-17-21-18(25-22-17)14-7-9-16(20)10-8-14/h3-10H,11-12H2,1-2H3. The zero-order valence-electron chi connectivity index (χ0n) is 14.1. The van der Waals surface area contributed by atoms with Crippen molar-refractivity contribution in [2.75, 3.05) is 13.6 Å². The molecule has 3 aromatic rings. The molecule has 0 saturated carbocycles. The van der Waals surface area contributed by atoms with Crippen LogP contribution in [0.2, 0.25) is 5.02 Å². The number of aromatic nitrogens is 2. The highest BCUT2D eigenvalue weighted by molar-refractivity contribution is 6.30. The van der Waals surface area contributed by atoms with Gasteiger partial charge in [-0.15, -0.1) is 0 Å². The van der Waals surface area contributed by atoms with E-state index in [9.17, 15) is 4.79 Å². The number of carbonyl (C=O) groups excluding carboxylic acids is 1. The number of benzene rings is 2. The van der Waals surface area contributed by atoms with Crippen LogP contribution in [0.15, 0.2) is 53.1 Å². The van der Waals surface area contributed by atoms with Gasteiger partial charge in [-0.3, -0.25) is 4.79 Å². The molecule has 3 rings (SSSR count). The van der Waals surface area contributed by atoms with Crippen molar-refractivity contribution in [3.8, 4) is 11.5 Å². The summed E-state index contributed by atoms with van der Waals surface area (Å²) in [5.41, 5.74) is 2.61. The van der Waals surface area contributed by atoms with Gasteiger partial charge in [0.2, 0.25) is 0 Å². The molecule has 1 heterocycles. The lowest BCUT2D eigenvalue weighted by atomic mass is 10.1. The van der Waals surface area contributed by atoms with Crippen molar-refractivity contribution in [2.45, 2.75) is 13.3 Å². The van der Waals surface area contributed by atoms with E-state index in [1.165, 1.54) is 0 Å². The summed E-state index contributed by atoms with van der Waals surface area (Å²) >= 11 is 5.87. The van der Waals surface area contributed by atoms with Gasteiger partial charge in [0.05, 0.1) is 0 Å². The number of aryl methyl sites for hydroxylation is 1. The van der Waals surface area contributed by atoms with E-state index in [0.717, 1.165) is 11.1 Å². The Bertz CT molecular complexity index is 857. The van der Waals surface area contributed by atoms with Gasteiger partial charge in [-0.25, -0.2) is 0 Å². The van der Waals surface area contributed by atoms with Gasteiger partial charge in [-0.2, -0.15) is 4.98 Å². The predicted molar refractivity (Wildman–Crippen MR) is 96.6 cm³/mol. The molecule has 0 fully saturated rings. The number of amides is 1. The van der Waals surface area contributed by atoms with E-state index in [1.807, 2.05) is 43.3 Å². The van der Waals surface area contributed by atoms with Gasteiger partial charge >= 0.3 is 0 Å². The van der Waals surface area contributed by atoms with Crippen LogP contribution in [0.1, 0.15) is 21.7 Å². The van der Waals surface area contributed by atoms with Crippen LogP contribution in [0.4, 0.5) is 0 Å². The Morgan fingerprint density at radius 2 is 1.80 bits per heavy atom. The van der Waals surface area contributed by atoms with Gasteiger partial charge in [-0.1, -0.05) is 34.5 Å². The second kappa shape index (κ2) is 7.49. The third-order valence-corrected chi connectivity index (χ3v) is 4.13. The van der Waals surface area contributed by atoms with Crippen LogP contribution in [-0.4, -0.2) is 34.5 Å². The molecule has 6 heteroatoms. The summed E-state index contributed by atoms with van der Waals surface area (Å²) in [5, 5.41) is 4.63. The zero-order chi connectivity index (χ0) is 17.8. The predicted octanol–water partition coefficient (Wildman–Crippen LogP) is 4.01. The molecule has 0 aliphatic rings. The molecule has 0 unspecified atom stereocenters. The monoisotopic (exact) mass is 355 g/mol. The molecule has 0 N–H and O–H groups in total. The zero-order valence-corrected chi connectivity index (χ0v) is 14.8. The molecule has 0 aliphatic heterocycles. The maximum absolute atomic E-state index is 12.4. The molecular weight excluding hydrogens is 338 g/mol. The van der Waals surface area contributed by atoms with E-state index >= 15 is 0 Å². The smallest absolute Gasteiger partial charge is 0.257 e. The largest absolute Gasteiger partial charge is 0.341 e. The lowest BCUT2D eigenvalue weighted by molar-refractivity contribution is 0.0796. The molecule has 5 nitrogen and oxygen atoms in total. The maximum Gasteiger partial charge on any atom is 0.257 e. The third kappa shape index (κ3) is 4.25. The Morgan fingerprint density at radius 1 is 1.12 bits per heavy atom. The van der Waals surface area contributed by atoms with Crippen molar-refractivity contribution in [3.63, 3.8) is 0 Å². The summed E-state index contributed by atoms with van der Waals surface area (Å²) in [4.78, 5) is 18.4. The Labute approximate surface area is 151 Å². The summed E-state index contributed by atoms with van der Waals surface area (Å²) < 4.78 is 5.27. The van der Waals surface area contributed by atoms with Crippen molar-refractivity contribution in [1.82, 2.24) is 15.0 Å². The highest BCUT2D eigenvalue weighted by atomic mass is 35.5. The van der Waals surface area contributed by atoms with Crippen LogP contribution in [-0.2, 0) is 6.42 Å². The fraction of sp³-hybridized carbons (Fsp3) is 0.211. The van der Waals surface area contributed by atoms with Gasteiger partial charge in [0.1, 0.15) is 0 Å². The first-order chi connectivity index (χ1) is 12.0. The summed E-state index contributed by atoms with van der Waals surface area (Å²) in [6.45, 7) is 2.50. The minimum Gasteiger partial charge on any atom is -0.341 e. The average molecular weight is 356 g/mol. The second-order valence-corrected chi connectivity index (χ2v) is 6.30. The van der Waals surface area contributed by atoms with Crippen molar-refractivity contribution in [1.29, 1.82) is 0 Å². The molecule has 0 saturated heterocycles. The number of halogens is 1. The maximum atomic E-state index is 12.4. The second-order valence-electron chi connectivity index (χ2n) is 5.87. The van der Waals surface area contributed by atoms with Crippen molar-refractivity contribution in [2.24, 2.45) is 0 Å². The van der Waals surface area contributed by atoms with E-state index in [0.29, 0.717) is 35.3 Å². The van der Waals surface area contributed by atoms with Crippen LogP contribution < -0.4 is 0 Å². The summed E-state index contributed by atoms with van der Waals surface area (Å²) in [5.74, 6) is 0.981. The summed E-state index contributed by atoms with van der Waals surface area (Å²) in [6.07, 6.45) is 0.519. The quantitative estimate of drug-likeness (QED) is 0.693. The van der Waals surface area contributed by atoms with Crippen LogP contribution in [0.5, 0.6) is 0 Å². The Hall–Kier alpha value is -2.66. The van der Waals surface area contributed by atoms with Crippen LogP contribution in [0.3, 0.4) is 0 Å². The van der Waals surface area contributed by atoms with Gasteiger partial charge < -0.3 is 9.42 Å². The number of hydrogen-bond acceptors (Lipinski definition) is 4. The van der Waals surface area contributed by atoms with Crippen molar-refractivity contribution < 1.29 is 9.32 Å². The fourth-order valence-electron chi connectivity index (χ4n) is 2.35. The third-order valence-electron chi connectivity index (χ3n) is 3.88. The number of rotatable bonds is 5. The van der Waals surface area contributed by atoms with Crippen LogP contribution in [0.25, 0.3) is 11.5 Å². The van der Waals surface area contributed by atoms with Gasteiger partial charge in [-0.05, 0) is 43.3 Å². The molecule has 0 aliphatic carbocycles. The Morgan fingerprint density at radius 3 is 2.48 bits per heavy atom. The first-order valence-corrected chi connectivity index (χ1v) is 8.31. The molecule has 25 heavy (non-hydrogen) atoms. The van der Waals surface area contributed by atoms with E-state index in [4.69, 9.17) is 16.1 Å². The normalized spacial score (nSPS) is 10.7. The lowest BCUT2D eigenvalue weighted by Gasteiger charge is -2.16. The van der Waals surface area contributed by atoms with Crippen molar-refractivity contribution in [3.05, 3.63) is 70.5 Å². The molecule has 1 amide bonds. The van der Waals surface area contributed by atoms with E-state index < -0.39 is 0 Å². The lowest BCUT2D eigenvalue weighted by Crippen LogP contribution is -2.29. The highest BCUT2D eigenvalue weighted by Crippen LogP contribution is 2.19. The minimum absolute atomic E-state index is 0.0265. The number of likely N-dealkylation sites (N-methyl/N-ethyl adjacent to an activating group) is 1. The first kappa shape index (κ1) is 17.2. The Kier molecular flexibility index (Phi) is 5.14. The highest BCUT2D eigenvalue weighted by Gasteiger charge is 2.14. The topological polar surface area (TPSA) is 59.2 Å².